The summed E-state index contributed by atoms with van der Waals surface area (Å²) in [5, 5.41) is 3.23. The second kappa shape index (κ2) is 5.48. The number of rotatable bonds is 5. The third-order valence-corrected chi connectivity index (χ3v) is 1.55. The van der Waals surface area contributed by atoms with Crippen LogP contribution >= 0.6 is 0 Å². The Morgan fingerprint density at radius 3 is 2.77 bits per heavy atom. The third-order valence-electron chi connectivity index (χ3n) is 1.55. The second-order valence-corrected chi connectivity index (χ2v) is 2.83. The molecule has 1 atom stereocenters. The van der Waals surface area contributed by atoms with Crippen molar-refractivity contribution in [1.29, 1.82) is 0 Å². The molecule has 0 bridgehead atoms. The average molecular weight is 181 g/mol. The molecule has 4 nitrogen and oxygen atoms in total. The van der Waals surface area contributed by atoms with Gasteiger partial charge >= 0.3 is 0 Å². The van der Waals surface area contributed by atoms with Crippen LogP contribution in [0.1, 0.15) is 13.8 Å². The van der Waals surface area contributed by atoms with Crippen LogP contribution in [-0.2, 0) is 4.74 Å². The Morgan fingerprint density at radius 2 is 2.15 bits per heavy atom. The van der Waals surface area contributed by atoms with E-state index in [0.29, 0.717) is 6.61 Å². The molecule has 0 spiro atoms. The van der Waals surface area contributed by atoms with E-state index in [9.17, 15) is 0 Å². The highest BCUT2D eigenvalue weighted by Crippen LogP contribution is 2.02. The Bertz CT molecular complexity index is 228. The maximum absolute atomic E-state index is 5.26. The highest BCUT2D eigenvalue weighted by atomic mass is 16.5. The fourth-order valence-corrected chi connectivity index (χ4v) is 0.994. The van der Waals surface area contributed by atoms with Gasteiger partial charge in [-0.2, -0.15) is 0 Å². The molecule has 13 heavy (non-hydrogen) atoms. The third kappa shape index (κ3) is 3.85. The molecule has 0 radical (unpaired) electrons. The minimum atomic E-state index is 0.283. The van der Waals surface area contributed by atoms with Crippen molar-refractivity contribution >= 4 is 5.69 Å². The molecule has 72 valence electrons. The largest absolute Gasteiger partial charge is 0.380 e. The molecule has 0 amide bonds. The topological polar surface area (TPSA) is 47.0 Å². The summed E-state index contributed by atoms with van der Waals surface area (Å²) in [6.07, 6.45) is 5.00. The minimum Gasteiger partial charge on any atom is -0.380 e. The number of hydrogen-bond acceptors (Lipinski definition) is 4. The Hall–Kier alpha value is -1.16. The van der Waals surface area contributed by atoms with Gasteiger partial charge in [-0.25, -0.2) is 9.97 Å². The molecule has 1 N–H and O–H groups in total. The van der Waals surface area contributed by atoms with Crippen LogP contribution in [0.25, 0.3) is 0 Å². The summed E-state index contributed by atoms with van der Waals surface area (Å²) in [6.45, 7) is 5.49. The fourth-order valence-electron chi connectivity index (χ4n) is 0.994. The lowest BCUT2D eigenvalue weighted by atomic mass is 10.3. The zero-order valence-electron chi connectivity index (χ0n) is 8.03. The quantitative estimate of drug-likeness (QED) is 0.744. The van der Waals surface area contributed by atoms with Gasteiger partial charge in [-0.1, -0.05) is 0 Å². The van der Waals surface area contributed by atoms with Crippen LogP contribution in [0.15, 0.2) is 18.7 Å². The van der Waals surface area contributed by atoms with Crippen molar-refractivity contribution in [3.8, 4) is 0 Å². The van der Waals surface area contributed by atoms with Crippen LogP contribution in [0.4, 0.5) is 5.69 Å². The van der Waals surface area contributed by atoms with Gasteiger partial charge < -0.3 is 10.1 Å². The van der Waals surface area contributed by atoms with Crippen LogP contribution in [-0.4, -0.2) is 29.2 Å². The predicted octanol–water partition coefficient (Wildman–Crippen LogP) is 1.31. The van der Waals surface area contributed by atoms with E-state index in [1.807, 2.05) is 6.92 Å². The first-order chi connectivity index (χ1) is 6.33. The van der Waals surface area contributed by atoms with Crippen LogP contribution in [0, 0.1) is 0 Å². The Balaban J connectivity index is 2.32. The van der Waals surface area contributed by atoms with Crippen molar-refractivity contribution in [1.82, 2.24) is 9.97 Å². The maximum atomic E-state index is 5.26. The van der Waals surface area contributed by atoms with Crippen molar-refractivity contribution in [3.05, 3.63) is 18.7 Å². The normalized spacial score (nSPS) is 12.5. The molecule has 0 aromatic carbocycles. The lowest BCUT2D eigenvalue weighted by Gasteiger charge is -2.13. The van der Waals surface area contributed by atoms with Crippen LogP contribution < -0.4 is 5.32 Å². The summed E-state index contributed by atoms with van der Waals surface area (Å²) < 4.78 is 5.26. The zero-order chi connectivity index (χ0) is 9.52. The summed E-state index contributed by atoms with van der Waals surface area (Å²) in [5.74, 6) is 0. The lowest BCUT2D eigenvalue weighted by Crippen LogP contribution is -2.21. The number of nitrogens with zero attached hydrogens (tertiary/aromatic N) is 2. The van der Waals surface area contributed by atoms with E-state index in [4.69, 9.17) is 4.74 Å². The summed E-state index contributed by atoms with van der Waals surface area (Å²) in [4.78, 5) is 7.81. The molecule has 0 aliphatic heterocycles. The van der Waals surface area contributed by atoms with Crippen molar-refractivity contribution in [2.75, 3.05) is 18.5 Å². The Kier molecular flexibility index (Phi) is 4.18. The van der Waals surface area contributed by atoms with Gasteiger partial charge in [-0.15, -0.1) is 0 Å². The van der Waals surface area contributed by atoms with Crippen molar-refractivity contribution in [3.63, 3.8) is 0 Å². The van der Waals surface area contributed by atoms with Gasteiger partial charge in [-0.05, 0) is 13.8 Å². The Labute approximate surface area is 78.4 Å². The number of nitrogens with one attached hydrogen (secondary N) is 1. The molecule has 0 fully saturated rings. The number of aromatic nitrogens is 2. The highest BCUT2D eigenvalue weighted by Gasteiger charge is 2.00. The first kappa shape index (κ1) is 9.92. The van der Waals surface area contributed by atoms with Gasteiger partial charge in [0.1, 0.15) is 6.33 Å². The molecular formula is C9H15N3O. The Morgan fingerprint density at radius 1 is 1.46 bits per heavy atom. The van der Waals surface area contributed by atoms with Crippen LogP contribution in [0.5, 0.6) is 0 Å². The van der Waals surface area contributed by atoms with Crippen molar-refractivity contribution < 1.29 is 4.74 Å². The van der Waals surface area contributed by atoms with E-state index in [0.717, 1.165) is 12.3 Å². The summed E-state index contributed by atoms with van der Waals surface area (Å²) in [5.41, 5.74) is 0.926. The second-order valence-electron chi connectivity index (χ2n) is 2.83. The minimum absolute atomic E-state index is 0.283. The molecule has 1 rings (SSSR count). The average Bonchev–Trinajstić information content (AvgIpc) is 2.16. The van der Waals surface area contributed by atoms with E-state index in [2.05, 4.69) is 22.2 Å². The van der Waals surface area contributed by atoms with Gasteiger partial charge in [0.15, 0.2) is 0 Å². The summed E-state index contributed by atoms with van der Waals surface area (Å²) in [7, 11) is 0. The van der Waals surface area contributed by atoms with Crippen molar-refractivity contribution in [2.45, 2.75) is 19.9 Å². The maximum Gasteiger partial charge on any atom is 0.115 e. The first-order valence-electron chi connectivity index (χ1n) is 4.42. The molecule has 1 aromatic rings. The highest BCUT2D eigenvalue weighted by molar-refractivity contribution is 5.37. The number of anilines is 1. The van der Waals surface area contributed by atoms with E-state index >= 15 is 0 Å². The molecule has 0 aliphatic rings. The zero-order valence-corrected chi connectivity index (χ0v) is 8.03. The molecule has 4 heteroatoms. The first-order valence-corrected chi connectivity index (χ1v) is 4.42. The van der Waals surface area contributed by atoms with E-state index in [1.165, 1.54) is 6.33 Å². The molecule has 1 aromatic heterocycles. The van der Waals surface area contributed by atoms with Crippen molar-refractivity contribution in [2.24, 2.45) is 0 Å². The molecule has 0 saturated carbocycles. The van der Waals surface area contributed by atoms with Gasteiger partial charge in [0, 0.05) is 12.6 Å². The van der Waals surface area contributed by atoms with Gasteiger partial charge in [-0.3, -0.25) is 0 Å². The van der Waals surface area contributed by atoms with Crippen LogP contribution in [0.3, 0.4) is 0 Å². The van der Waals surface area contributed by atoms with E-state index in [-0.39, 0.29) is 6.04 Å². The standard InChI is InChI=1S/C9H15N3O/c1-3-13-6-8(2)12-9-4-10-7-11-5-9/h4-5,7-8,12H,3,6H2,1-2H3. The molecule has 1 heterocycles. The monoisotopic (exact) mass is 181 g/mol. The van der Waals surface area contributed by atoms with Gasteiger partial charge in [0.05, 0.1) is 24.7 Å². The molecule has 0 aliphatic carbocycles. The van der Waals surface area contributed by atoms with E-state index in [1.54, 1.807) is 12.4 Å². The lowest BCUT2D eigenvalue weighted by molar-refractivity contribution is 0.141. The number of ether oxygens (including phenoxy) is 1. The van der Waals surface area contributed by atoms with E-state index < -0.39 is 0 Å². The predicted molar refractivity (Wildman–Crippen MR) is 51.6 cm³/mol. The SMILES string of the molecule is CCOCC(C)Nc1cncnc1. The smallest absolute Gasteiger partial charge is 0.115 e. The molecular weight excluding hydrogens is 166 g/mol. The summed E-state index contributed by atoms with van der Waals surface area (Å²) >= 11 is 0. The van der Waals surface area contributed by atoms with Crippen LogP contribution in [0.2, 0.25) is 0 Å². The fraction of sp³-hybridized carbons (Fsp3) is 0.556. The summed E-state index contributed by atoms with van der Waals surface area (Å²) in [6, 6.07) is 0.283. The van der Waals surface area contributed by atoms with Gasteiger partial charge in [0.2, 0.25) is 0 Å². The van der Waals surface area contributed by atoms with Gasteiger partial charge in [0.25, 0.3) is 0 Å². The number of hydrogen-bond donors (Lipinski definition) is 1. The molecule has 0 saturated heterocycles. The molecule has 1 unspecified atom stereocenters.